The molecule has 0 bridgehead atoms. The van der Waals surface area contributed by atoms with Crippen molar-refractivity contribution in [2.24, 2.45) is 21.0 Å². The van der Waals surface area contributed by atoms with Gasteiger partial charge in [0.2, 0.25) is 5.96 Å². The highest BCUT2D eigenvalue weighted by Crippen LogP contribution is 2.02. The highest BCUT2D eigenvalue weighted by Gasteiger charge is 1.93. The standard InChI is InChI=1S/C17H13N7.ClH/c18-9-13-3-1-5-15(7-13)11-21-23-17(20)24-22-12-16-6-2-4-14(8-16)10-19;/h1-8,11-12H,(H3,20,23,24);1H. The van der Waals surface area contributed by atoms with Crippen LogP contribution in [0.4, 0.5) is 0 Å². The Morgan fingerprint density at radius 3 is 2.08 bits per heavy atom. The summed E-state index contributed by atoms with van der Waals surface area (Å²) in [5, 5.41) is 29.1. The molecule has 0 spiro atoms. The lowest BCUT2D eigenvalue weighted by molar-refractivity contribution is 0.994. The second-order valence-electron chi connectivity index (χ2n) is 4.57. The van der Waals surface area contributed by atoms with E-state index in [1.807, 2.05) is 12.1 Å². The predicted octanol–water partition coefficient (Wildman–Crippen LogP) is 2.12. The van der Waals surface area contributed by atoms with Gasteiger partial charge in [0, 0.05) is 0 Å². The van der Waals surface area contributed by atoms with Gasteiger partial charge in [-0.1, -0.05) is 24.3 Å². The highest BCUT2D eigenvalue weighted by atomic mass is 35.5. The summed E-state index contributed by atoms with van der Waals surface area (Å²) in [5.41, 5.74) is 10.7. The molecule has 0 fully saturated rings. The van der Waals surface area contributed by atoms with Crippen molar-refractivity contribution in [1.82, 2.24) is 5.43 Å². The fourth-order valence-electron chi connectivity index (χ4n) is 1.73. The molecule has 0 aromatic heterocycles. The number of rotatable bonds is 4. The van der Waals surface area contributed by atoms with Gasteiger partial charge in [0.1, 0.15) is 0 Å². The third-order valence-corrected chi connectivity index (χ3v) is 2.80. The van der Waals surface area contributed by atoms with Gasteiger partial charge < -0.3 is 5.73 Å². The number of nitrogens with one attached hydrogen (secondary N) is 1. The molecule has 0 radical (unpaired) electrons. The molecule has 2 rings (SSSR count). The van der Waals surface area contributed by atoms with Gasteiger partial charge in [-0.2, -0.15) is 20.7 Å². The fraction of sp³-hybridized carbons (Fsp3) is 0. The molecule has 0 heterocycles. The number of halogens is 1. The Kier molecular flexibility index (Phi) is 7.87. The molecule has 8 heteroatoms. The summed E-state index contributed by atoms with van der Waals surface area (Å²) >= 11 is 0. The maximum atomic E-state index is 8.82. The molecule has 7 nitrogen and oxygen atoms in total. The van der Waals surface area contributed by atoms with Crippen LogP contribution in [-0.4, -0.2) is 18.4 Å². The van der Waals surface area contributed by atoms with Gasteiger partial charge in [-0.25, -0.2) is 5.43 Å². The second kappa shape index (κ2) is 10.2. The quantitative estimate of drug-likeness (QED) is 0.497. The first-order valence-electron chi connectivity index (χ1n) is 6.87. The lowest BCUT2D eigenvalue weighted by atomic mass is 10.1. The van der Waals surface area contributed by atoms with Crippen LogP contribution in [0.15, 0.2) is 63.8 Å². The first kappa shape index (κ1) is 19.4. The summed E-state index contributed by atoms with van der Waals surface area (Å²) in [5.74, 6) is 0.00961. The monoisotopic (exact) mass is 351 g/mol. The Hall–Kier alpha value is -3.68. The van der Waals surface area contributed by atoms with Crippen molar-refractivity contribution in [2.75, 3.05) is 0 Å². The van der Waals surface area contributed by atoms with E-state index < -0.39 is 0 Å². The summed E-state index contributed by atoms with van der Waals surface area (Å²) in [6.07, 6.45) is 3.00. The van der Waals surface area contributed by atoms with Gasteiger partial charge in [0.25, 0.3) is 0 Å². The molecular weight excluding hydrogens is 338 g/mol. The van der Waals surface area contributed by atoms with Crippen molar-refractivity contribution in [2.45, 2.75) is 0 Å². The molecule has 0 saturated heterocycles. The van der Waals surface area contributed by atoms with E-state index in [-0.39, 0.29) is 18.4 Å². The maximum absolute atomic E-state index is 8.82. The summed E-state index contributed by atoms with van der Waals surface area (Å²) in [6.45, 7) is 0. The predicted molar refractivity (Wildman–Crippen MR) is 99.5 cm³/mol. The molecule has 0 saturated carbocycles. The van der Waals surface area contributed by atoms with Crippen molar-refractivity contribution in [3.63, 3.8) is 0 Å². The van der Waals surface area contributed by atoms with Crippen LogP contribution in [0, 0.1) is 22.7 Å². The van der Waals surface area contributed by atoms with Gasteiger partial charge in [0.15, 0.2) is 0 Å². The lowest BCUT2D eigenvalue weighted by Crippen LogP contribution is -2.26. The van der Waals surface area contributed by atoms with E-state index in [1.165, 1.54) is 12.4 Å². The SMILES string of the molecule is Cl.N#Cc1cccc(C=NN=C(N)NN=Cc2cccc(C#N)c2)c1. The van der Waals surface area contributed by atoms with Gasteiger partial charge in [-0.3, -0.25) is 0 Å². The second-order valence-corrected chi connectivity index (χ2v) is 4.57. The molecule has 2 aromatic rings. The molecule has 0 atom stereocenters. The zero-order valence-electron chi connectivity index (χ0n) is 13.0. The van der Waals surface area contributed by atoms with Crippen LogP contribution >= 0.6 is 12.4 Å². The van der Waals surface area contributed by atoms with Crippen molar-refractivity contribution < 1.29 is 0 Å². The molecule has 0 aliphatic carbocycles. The minimum Gasteiger partial charge on any atom is -0.367 e. The molecule has 3 N–H and O–H groups in total. The van der Waals surface area contributed by atoms with Crippen LogP contribution in [0.2, 0.25) is 0 Å². The fourth-order valence-corrected chi connectivity index (χ4v) is 1.73. The third-order valence-electron chi connectivity index (χ3n) is 2.80. The Bertz CT molecular complexity index is 888. The van der Waals surface area contributed by atoms with E-state index in [1.54, 1.807) is 48.5 Å². The highest BCUT2D eigenvalue weighted by molar-refractivity contribution is 5.85. The number of nitrogens with zero attached hydrogens (tertiary/aromatic N) is 5. The zero-order valence-corrected chi connectivity index (χ0v) is 13.8. The lowest BCUT2D eigenvalue weighted by Gasteiger charge is -1.97. The minimum atomic E-state index is 0. The van der Waals surface area contributed by atoms with E-state index >= 15 is 0 Å². The van der Waals surface area contributed by atoms with Gasteiger partial charge in [-0.15, -0.1) is 17.5 Å². The van der Waals surface area contributed by atoms with Crippen LogP contribution in [0.5, 0.6) is 0 Å². The average Bonchev–Trinajstić information content (AvgIpc) is 2.62. The first-order valence-corrected chi connectivity index (χ1v) is 6.87. The van der Waals surface area contributed by atoms with Crippen molar-refractivity contribution in [3.05, 3.63) is 70.8 Å². The molecule has 25 heavy (non-hydrogen) atoms. The molecule has 124 valence electrons. The summed E-state index contributed by atoms with van der Waals surface area (Å²) in [7, 11) is 0. The number of nitriles is 2. The number of hydrogen-bond donors (Lipinski definition) is 2. The average molecular weight is 352 g/mol. The first-order chi connectivity index (χ1) is 11.7. The van der Waals surface area contributed by atoms with E-state index in [9.17, 15) is 0 Å². The number of benzene rings is 2. The van der Waals surface area contributed by atoms with Gasteiger partial charge in [0.05, 0.1) is 35.7 Å². The van der Waals surface area contributed by atoms with Crippen LogP contribution in [0.1, 0.15) is 22.3 Å². The molecule has 0 unspecified atom stereocenters. The van der Waals surface area contributed by atoms with Crippen LogP contribution in [0.25, 0.3) is 0 Å². The van der Waals surface area contributed by atoms with Crippen molar-refractivity contribution in [1.29, 1.82) is 10.5 Å². The number of hydrazone groups is 1. The number of guanidine groups is 1. The normalized spacial score (nSPS) is 10.9. The van der Waals surface area contributed by atoms with E-state index in [4.69, 9.17) is 16.3 Å². The number of hydrogen-bond acceptors (Lipinski definition) is 5. The van der Waals surface area contributed by atoms with E-state index in [0.29, 0.717) is 11.1 Å². The molecule has 2 aromatic carbocycles. The minimum absolute atomic E-state index is 0. The molecule has 0 aliphatic heterocycles. The smallest absolute Gasteiger partial charge is 0.234 e. The Morgan fingerprint density at radius 2 is 1.52 bits per heavy atom. The van der Waals surface area contributed by atoms with Crippen LogP contribution in [-0.2, 0) is 0 Å². The summed E-state index contributed by atoms with van der Waals surface area (Å²) in [6, 6.07) is 18.0. The topological polar surface area (TPSA) is 123 Å². The zero-order chi connectivity index (χ0) is 17.2. The Morgan fingerprint density at radius 1 is 0.960 bits per heavy atom. The Balaban J connectivity index is 0.00000312. The third kappa shape index (κ3) is 6.53. The maximum Gasteiger partial charge on any atom is 0.234 e. The summed E-state index contributed by atoms with van der Waals surface area (Å²) < 4.78 is 0. The van der Waals surface area contributed by atoms with Gasteiger partial charge >= 0.3 is 0 Å². The van der Waals surface area contributed by atoms with E-state index in [2.05, 4.69) is 20.7 Å². The largest absolute Gasteiger partial charge is 0.367 e. The molecule has 0 aliphatic rings. The molecular formula is C17H14ClN7. The molecule has 0 amide bonds. The van der Waals surface area contributed by atoms with Crippen molar-refractivity contribution in [3.8, 4) is 12.1 Å². The number of nitrogens with two attached hydrogens (primary N) is 1. The van der Waals surface area contributed by atoms with Crippen LogP contribution < -0.4 is 11.2 Å². The van der Waals surface area contributed by atoms with Gasteiger partial charge in [-0.05, 0) is 35.4 Å². The summed E-state index contributed by atoms with van der Waals surface area (Å²) in [4.78, 5) is 0. The van der Waals surface area contributed by atoms with Crippen LogP contribution in [0.3, 0.4) is 0 Å². The van der Waals surface area contributed by atoms with E-state index in [0.717, 1.165) is 11.1 Å². The Labute approximate surface area is 151 Å². The van der Waals surface area contributed by atoms with Crippen molar-refractivity contribution >= 4 is 30.8 Å².